The maximum absolute atomic E-state index is 12.5. The van der Waals surface area contributed by atoms with Gasteiger partial charge in [0, 0.05) is 51.3 Å². The van der Waals surface area contributed by atoms with Crippen LogP contribution >= 0.6 is 0 Å². The van der Waals surface area contributed by atoms with Crippen LogP contribution in [0.5, 0.6) is 0 Å². The monoisotopic (exact) mass is 344 g/mol. The predicted molar refractivity (Wildman–Crippen MR) is 88.5 cm³/mol. The van der Waals surface area contributed by atoms with Gasteiger partial charge in [0.25, 0.3) is 0 Å². The van der Waals surface area contributed by atoms with E-state index in [2.05, 4.69) is 20.3 Å². The van der Waals surface area contributed by atoms with Crippen LogP contribution in [0, 0.1) is 5.92 Å². The van der Waals surface area contributed by atoms with E-state index in [1.165, 1.54) is 0 Å². The number of likely N-dealkylation sites (tertiary alicyclic amines) is 1. The van der Waals surface area contributed by atoms with E-state index in [0.29, 0.717) is 31.3 Å². The Morgan fingerprint density at radius 2 is 2.08 bits per heavy atom. The number of aryl methyl sites for hydroxylation is 1. The number of hydrogen-bond acceptors (Lipinski definition) is 6. The summed E-state index contributed by atoms with van der Waals surface area (Å²) in [5, 5.41) is 12.6. The Morgan fingerprint density at radius 1 is 1.32 bits per heavy atom. The second-order valence-corrected chi connectivity index (χ2v) is 5.91. The number of nitrogens with one attached hydrogen (secondary N) is 1. The maximum Gasteiger partial charge on any atom is 0.309 e. The number of carbonyl (C=O) groups is 2. The Hall–Kier alpha value is -2.97. The number of carboxylic acids is 1. The van der Waals surface area contributed by atoms with E-state index >= 15 is 0 Å². The summed E-state index contributed by atoms with van der Waals surface area (Å²) in [6.45, 7) is 0.765. The molecule has 25 heavy (non-hydrogen) atoms. The molecule has 9 nitrogen and oxygen atoms in total. The van der Waals surface area contributed by atoms with Crippen LogP contribution in [0.1, 0.15) is 24.7 Å². The van der Waals surface area contributed by atoms with Crippen molar-refractivity contribution in [2.75, 3.05) is 18.4 Å². The molecule has 2 aromatic rings. The number of aromatic nitrogens is 4. The van der Waals surface area contributed by atoms with Crippen molar-refractivity contribution >= 4 is 17.8 Å². The van der Waals surface area contributed by atoms with E-state index in [9.17, 15) is 14.7 Å². The molecule has 1 fully saturated rings. The lowest BCUT2D eigenvalue weighted by Crippen LogP contribution is -2.47. The standard InChI is InChI=1S/C16H20N6O3/c1-21-9-7-17-14(21)13-11(15(24)25)3-4-12(23)22(13)10-8-20-16-18-5-2-6-19-16/h2,5-7,9,11,13H,3-4,8,10H2,1H3,(H,24,25)(H,18,19,20)/t11-,13+/m1/s1. The molecule has 1 amide bonds. The fourth-order valence-corrected chi connectivity index (χ4v) is 3.14. The Labute approximate surface area is 144 Å². The smallest absolute Gasteiger partial charge is 0.309 e. The normalized spacial score (nSPS) is 20.5. The van der Waals surface area contributed by atoms with Crippen LogP contribution in [-0.2, 0) is 16.6 Å². The Balaban J connectivity index is 1.78. The SMILES string of the molecule is Cn1ccnc1[C@@H]1[C@H](C(=O)O)CCC(=O)N1CCNc1ncccn1. The van der Waals surface area contributed by atoms with Crippen LogP contribution < -0.4 is 5.32 Å². The molecule has 0 aliphatic carbocycles. The van der Waals surface area contributed by atoms with Crippen LogP contribution in [0.15, 0.2) is 30.9 Å². The first-order valence-electron chi connectivity index (χ1n) is 8.08. The fraction of sp³-hybridized carbons (Fsp3) is 0.438. The highest BCUT2D eigenvalue weighted by Gasteiger charge is 2.42. The van der Waals surface area contributed by atoms with Crippen molar-refractivity contribution in [3.05, 3.63) is 36.7 Å². The third-order valence-corrected chi connectivity index (χ3v) is 4.35. The number of carbonyl (C=O) groups excluding carboxylic acids is 1. The molecule has 0 saturated carbocycles. The van der Waals surface area contributed by atoms with Gasteiger partial charge < -0.3 is 19.9 Å². The van der Waals surface area contributed by atoms with Gasteiger partial charge in [0.1, 0.15) is 11.9 Å². The largest absolute Gasteiger partial charge is 0.481 e. The zero-order chi connectivity index (χ0) is 17.8. The molecule has 0 bridgehead atoms. The van der Waals surface area contributed by atoms with Crippen molar-refractivity contribution in [2.45, 2.75) is 18.9 Å². The molecule has 2 atom stereocenters. The summed E-state index contributed by atoms with van der Waals surface area (Å²) in [6, 6.07) is 1.13. The zero-order valence-corrected chi connectivity index (χ0v) is 13.9. The number of hydrogen-bond donors (Lipinski definition) is 2. The lowest BCUT2D eigenvalue weighted by Gasteiger charge is -2.39. The van der Waals surface area contributed by atoms with Crippen molar-refractivity contribution < 1.29 is 14.7 Å². The number of piperidine rings is 1. The summed E-state index contributed by atoms with van der Waals surface area (Å²) in [6.07, 6.45) is 7.15. The van der Waals surface area contributed by atoms with Gasteiger partial charge in [-0.05, 0) is 12.5 Å². The van der Waals surface area contributed by atoms with E-state index < -0.39 is 17.9 Å². The van der Waals surface area contributed by atoms with E-state index in [0.717, 1.165) is 0 Å². The Kier molecular flexibility index (Phi) is 4.92. The molecule has 2 aromatic heterocycles. The van der Waals surface area contributed by atoms with E-state index in [1.54, 1.807) is 47.4 Å². The summed E-state index contributed by atoms with van der Waals surface area (Å²) in [4.78, 5) is 38.2. The minimum absolute atomic E-state index is 0.0683. The van der Waals surface area contributed by atoms with Gasteiger partial charge in [0.15, 0.2) is 0 Å². The molecule has 1 saturated heterocycles. The van der Waals surface area contributed by atoms with Crippen LogP contribution in [-0.4, -0.2) is 54.5 Å². The van der Waals surface area contributed by atoms with Crippen molar-refractivity contribution in [2.24, 2.45) is 13.0 Å². The maximum atomic E-state index is 12.5. The summed E-state index contributed by atoms with van der Waals surface area (Å²) in [5.41, 5.74) is 0. The second kappa shape index (κ2) is 7.29. The highest BCUT2D eigenvalue weighted by molar-refractivity contribution is 5.81. The molecule has 1 aliphatic rings. The molecular weight excluding hydrogens is 324 g/mol. The minimum Gasteiger partial charge on any atom is -0.481 e. The number of aliphatic carboxylic acids is 1. The summed E-state index contributed by atoms with van der Waals surface area (Å²) in [7, 11) is 1.80. The molecule has 2 N–H and O–H groups in total. The molecule has 0 aromatic carbocycles. The summed E-state index contributed by atoms with van der Waals surface area (Å²) < 4.78 is 1.76. The predicted octanol–water partition coefficient (Wildman–Crippen LogP) is 0.686. The number of imidazole rings is 1. The number of carboxylic acid groups (broad SMARTS) is 1. The van der Waals surface area contributed by atoms with Gasteiger partial charge in [-0.25, -0.2) is 15.0 Å². The van der Waals surface area contributed by atoms with E-state index in [-0.39, 0.29) is 12.3 Å². The van der Waals surface area contributed by atoms with Crippen LogP contribution in [0.4, 0.5) is 5.95 Å². The highest BCUT2D eigenvalue weighted by Crippen LogP contribution is 2.35. The van der Waals surface area contributed by atoms with Crippen LogP contribution in [0.25, 0.3) is 0 Å². The fourth-order valence-electron chi connectivity index (χ4n) is 3.14. The van der Waals surface area contributed by atoms with Crippen molar-refractivity contribution in [3.8, 4) is 0 Å². The zero-order valence-electron chi connectivity index (χ0n) is 13.9. The molecule has 0 radical (unpaired) electrons. The number of anilines is 1. The lowest BCUT2D eigenvalue weighted by atomic mass is 9.88. The third-order valence-electron chi connectivity index (χ3n) is 4.35. The Bertz CT molecular complexity index is 747. The topological polar surface area (TPSA) is 113 Å². The number of nitrogens with zero attached hydrogens (tertiary/aromatic N) is 5. The van der Waals surface area contributed by atoms with Gasteiger partial charge in [0.2, 0.25) is 11.9 Å². The van der Waals surface area contributed by atoms with Gasteiger partial charge in [-0.3, -0.25) is 9.59 Å². The molecule has 132 valence electrons. The molecular formula is C16H20N6O3. The number of amides is 1. The quantitative estimate of drug-likeness (QED) is 0.792. The van der Waals surface area contributed by atoms with Crippen molar-refractivity contribution in [3.63, 3.8) is 0 Å². The first-order chi connectivity index (χ1) is 12.1. The van der Waals surface area contributed by atoms with Gasteiger partial charge in [-0.2, -0.15) is 0 Å². The van der Waals surface area contributed by atoms with E-state index in [1.807, 2.05) is 0 Å². The first-order valence-corrected chi connectivity index (χ1v) is 8.08. The van der Waals surface area contributed by atoms with Gasteiger partial charge in [-0.15, -0.1) is 0 Å². The van der Waals surface area contributed by atoms with Gasteiger partial charge in [0.05, 0.1) is 5.92 Å². The lowest BCUT2D eigenvalue weighted by molar-refractivity contribution is -0.152. The molecule has 1 aliphatic heterocycles. The average molecular weight is 344 g/mol. The number of rotatable bonds is 6. The van der Waals surface area contributed by atoms with Crippen molar-refractivity contribution in [1.82, 2.24) is 24.4 Å². The molecule has 9 heteroatoms. The summed E-state index contributed by atoms with van der Waals surface area (Å²) >= 11 is 0. The second-order valence-electron chi connectivity index (χ2n) is 5.91. The molecule has 0 spiro atoms. The summed E-state index contributed by atoms with van der Waals surface area (Å²) in [5.74, 6) is -0.607. The third kappa shape index (κ3) is 3.59. The molecule has 0 unspecified atom stereocenters. The first kappa shape index (κ1) is 16.9. The van der Waals surface area contributed by atoms with Gasteiger partial charge >= 0.3 is 5.97 Å². The Morgan fingerprint density at radius 3 is 2.72 bits per heavy atom. The molecule has 3 rings (SSSR count). The van der Waals surface area contributed by atoms with Crippen molar-refractivity contribution in [1.29, 1.82) is 0 Å². The highest BCUT2D eigenvalue weighted by atomic mass is 16.4. The van der Waals surface area contributed by atoms with Crippen LogP contribution in [0.3, 0.4) is 0 Å². The van der Waals surface area contributed by atoms with Gasteiger partial charge in [-0.1, -0.05) is 0 Å². The van der Waals surface area contributed by atoms with E-state index in [4.69, 9.17) is 0 Å². The van der Waals surface area contributed by atoms with Crippen LogP contribution in [0.2, 0.25) is 0 Å². The molecule has 3 heterocycles. The minimum atomic E-state index is -0.912. The average Bonchev–Trinajstić information content (AvgIpc) is 3.02.